The van der Waals surface area contributed by atoms with Crippen LogP contribution in [0.25, 0.3) is 5.82 Å². The summed E-state index contributed by atoms with van der Waals surface area (Å²) in [7, 11) is 3.09. The first kappa shape index (κ1) is 19.2. The van der Waals surface area contributed by atoms with E-state index in [1.54, 1.807) is 38.6 Å². The minimum atomic E-state index is -0.212. The molecule has 3 aromatic rings. The van der Waals surface area contributed by atoms with E-state index in [4.69, 9.17) is 9.47 Å². The van der Waals surface area contributed by atoms with Crippen molar-refractivity contribution in [3.05, 3.63) is 54.4 Å². The second-order valence-electron chi connectivity index (χ2n) is 5.89. The normalized spacial score (nSPS) is 10.4. The molecule has 0 unspecified atom stereocenters. The number of carbonyl (C=O) groups is 1. The van der Waals surface area contributed by atoms with E-state index in [9.17, 15) is 4.79 Å². The number of hydrogen-bond acceptors (Lipinski definition) is 7. The average Bonchev–Trinajstić information content (AvgIpc) is 3.16. The van der Waals surface area contributed by atoms with Gasteiger partial charge in [0.2, 0.25) is 0 Å². The number of aryl methyl sites for hydroxylation is 1. The molecule has 0 fully saturated rings. The van der Waals surface area contributed by atoms with Crippen LogP contribution in [-0.2, 0) is 0 Å². The van der Waals surface area contributed by atoms with Gasteiger partial charge in [-0.1, -0.05) is 0 Å². The molecule has 9 heteroatoms. The molecule has 0 aliphatic rings. The van der Waals surface area contributed by atoms with Gasteiger partial charge in [0.05, 0.1) is 14.2 Å². The molecule has 2 heterocycles. The van der Waals surface area contributed by atoms with Gasteiger partial charge in [-0.05, 0) is 19.1 Å². The highest BCUT2D eigenvalue weighted by molar-refractivity contribution is 5.95. The number of aromatic nitrogens is 4. The van der Waals surface area contributed by atoms with Crippen LogP contribution in [0.4, 0.5) is 5.82 Å². The van der Waals surface area contributed by atoms with Crippen molar-refractivity contribution in [3.8, 4) is 17.3 Å². The van der Waals surface area contributed by atoms with E-state index in [2.05, 4.69) is 25.6 Å². The highest BCUT2D eigenvalue weighted by Gasteiger charge is 2.09. The first-order chi connectivity index (χ1) is 13.6. The predicted molar refractivity (Wildman–Crippen MR) is 104 cm³/mol. The minimum Gasteiger partial charge on any atom is -0.497 e. The zero-order valence-electron chi connectivity index (χ0n) is 16.0. The second-order valence-corrected chi connectivity index (χ2v) is 5.89. The van der Waals surface area contributed by atoms with Gasteiger partial charge in [0.1, 0.15) is 35.3 Å². The van der Waals surface area contributed by atoms with E-state index in [1.807, 2.05) is 23.8 Å². The van der Waals surface area contributed by atoms with Gasteiger partial charge in [-0.15, -0.1) is 0 Å². The summed E-state index contributed by atoms with van der Waals surface area (Å²) >= 11 is 0. The Morgan fingerprint density at radius 3 is 2.43 bits per heavy atom. The maximum absolute atomic E-state index is 12.4. The summed E-state index contributed by atoms with van der Waals surface area (Å²) < 4.78 is 12.2. The van der Waals surface area contributed by atoms with Crippen molar-refractivity contribution in [1.82, 2.24) is 24.8 Å². The van der Waals surface area contributed by atoms with E-state index < -0.39 is 0 Å². The predicted octanol–water partition coefficient (Wildman–Crippen LogP) is 1.83. The van der Waals surface area contributed by atoms with Gasteiger partial charge in [0.25, 0.3) is 5.91 Å². The quantitative estimate of drug-likeness (QED) is 0.573. The van der Waals surface area contributed by atoms with Crippen LogP contribution in [0, 0.1) is 6.92 Å². The lowest BCUT2D eigenvalue weighted by Gasteiger charge is -2.10. The van der Waals surface area contributed by atoms with E-state index in [-0.39, 0.29) is 5.91 Å². The van der Waals surface area contributed by atoms with Crippen molar-refractivity contribution in [1.29, 1.82) is 0 Å². The molecule has 0 saturated heterocycles. The number of carbonyl (C=O) groups excluding carboxylic acids is 1. The van der Waals surface area contributed by atoms with Gasteiger partial charge in [0.15, 0.2) is 0 Å². The molecular formula is C19H22N6O3. The molecule has 0 aliphatic heterocycles. The fourth-order valence-electron chi connectivity index (χ4n) is 2.60. The molecular weight excluding hydrogens is 360 g/mol. The molecule has 28 heavy (non-hydrogen) atoms. The molecule has 0 aliphatic carbocycles. The van der Waals surface area contributed by atoms with Gasteiger partial charge in [0, 0.05) is 43.2 Å². The van der Waals surface area contributed by atoms with Crippen molar-refractivity contribution < 1.29 is 14.3 Å². The first-order valence-corrected chi connectivity index (χ1v) is 8.68. The molecule has 0 saturated carbocycles. The average molecular weight is 382 g/mol. The van der Waals surface area contributed by atoms with E-state index in [1.165, 1.54) is 6.33 Å². The number of nitrogens with zero attached hydrogens (tertiary/aromatic N) is 4. The van der Waals surface area contributed by atoms with Crippen LogP contribution in [-0.4, -0.2) is 52.7 Å². The molecule has 0 spiro atoms. The van der Waals surface area contributed by atoms with Crippen LogP contribution in [0.1, 0.15) is 16.2 Å². The summed E-state index contributed by atoms with van der Waals surface area (Å²) in [5.41, 5.74) is 0.469. The Morgan fingerprint density at radius 2 is 1.79 bits per heavy atom. The summed E-state index contributed by atoms with van der Waals surface area (Å²) in [4.78, 5) is 25.0. The smallest absolute Gasteiger partial charge is 0.251 e. The number of hydrogen-bond donors (Lipinski definition) is 2. The van der Waals surface area contributed by atoms with Crippen LogP contribution < -0.4 is 20.1 Å². The Hall–Kier alpha value is -3.62. The van der Waals surface area contributed by atoms with Crippen molar-refractivity contribution in [2.45, 2.75) is 6.92 Å². The lowest BCUT2D eigenvalue weighted by molar-refractivity contribution is 0.0954. The summed E-state index contributed by atoms with van der Waals surface area (Å²) in [5.74, 6) is 3.13. The maximum Gasteiger partial charge on any atom is 0.251 e. The number of methoxy groups -OCH3 is 2. The molecule has 146 valence electrons. The third-order valence-corrected chi connectivity index (χ3v) is 4.06. The van der Waals surface area contributed by atoms with Gasteiger partial charge >= 0.3 is 0 Å². The van der Waals surface area contributed by atoms with Crippen LogP contribution in [0.3, 0.4) is 0 Å². The Bertz CT molecular complexity index is 934. The third-order valence-electron chi connectivity index (χ3n) is 4.06. The Kier molecular flexibility index (Phi) is 6.05. The molecule has 0 bridgehead atoms. The molecule has 1 aromatic carbocycles. The number of ether oxygens (including phenoxy) is 2. The molecule has 0 radical (unpaired) electrons. The van der Waals surface area contributed by atoms with Gasteiger partial charge in [-0.2, -0.15) is 0 Å². The van der Waals surface area contributed by atoms with Gasteiger partial charge < -0.3 is 20.1 Å². The van der Waals surface area contributed by atoms with Crippen LogP contribution in [0.15, 0.2) is 43.0 Å². The molecule has 3 rings (SSSR count). The molecule has 2 N–H and O–H groups in total. The van der Waals surface area contributed by atoms with E-state index in [0.29, 0.717) is 36.0 Å². The first-order valence-electron chi connectivity index (χ1n) is 8.68. The van der Waals surface area contributed by atoms with Crippen molar-refractivity contribution in [2.75, 3.05) is 32.6 Å². The molecule has 0 atom stereocenters. The Balaban J connectivity index is 1.55. The van der Waals surface area contributed by atoms with Crippen LogP contribution >= 0.6 is 0 Å². The monoisotopic (exact) mass is 382 g/mol. The second kappa shape index (κ2) is 8.85. The summed E-state index contributed by atoms with van der Waals surface area (Å²) in [6.45, 7) is 2.83. The lowest BCUT2D eigenvalue weighted by atomic mass is 10.2. The fraction of sp³-hybridized carbons (Fsp3) is 0.263. The molecule has 9 nitrogen and oxygen atoms in total. The van der Waals surface area contributed by atoms with Crippen LogP contribution in [0.2, 0.25) is 0 Å². The highest BCUT2D eigenvalue weighted by Crippen LogP contribution is 2.22. The number of anilines is 1. The van der Waals surface area contributed by atoms with E-state index in [0.717, 1.165) is 11.6 Å². The Morgan fingerprint density at radius 1 is 1.04 bits per heavy atom. The molecule has 1 amide bonds. The topological polar surface area (TPSA) is 103 Å². The zero-order chi connectivity index (χ0) is 19.9. The minimum absolute atomic E-state index is 0.212. The summed E-state index contributed by atoms with van der Waals surface area (Å²) in [6, 6.07) is 6.86. The largest absolute Gasteiger partial charge is 0.497 e. The summed E-state index contributed by atoms with van der Waals surface area (Å²) in [6.07, 6.45) is 5.04. The fourth-order valence-corrected chi connectivity index (χ4v) is 2.60. The standard InChI is InChI=1S/C19H22N6O3/c1-13-20-6-7-25(13)18-11-17(23-12-24-18)21-4-5-22-19(26)14-8-15(27-2)10-16(9-14)28-3/h6-12H,4-5H2,1-3H3,(H,22,26)(H,21,23,24). The van der Waals surface area contributed by atoms with Crippen LogP contribution in [0.5, 0.6) is 11.5 Å². The lowest BCUT2D eigenvalue weighted by Crippen LogP contribution is -2.29. The summed E-state index contributed by atoms with van der Waals surface area (Å²) in [5, 5.41) is 6.02. The highest BCUT2D eigenvalue weighted by atomic mass is 16.5. The van der Waals surface area contributed by atoms with Crippen molar-refractivity contribution in [2.24, 2.45) is 0 Å². The number of rotatable bonds is 8. The number of imidazole rings is 1. The van der Waals surface area contributed by atoms with Gasteiger partial charge in [-0.3, -0.25) is 9.36 Å². The number of nitrogens with one attached hydrogen (secondary N) is 2. The molecule has 2 aromatic heterocycles. The number of amides is 1. The number of benzene rings is 1. The zero-order valence-corrected chi connectivity index (χ0v) is 16.0. The van der Waals surface area contributed by atoms with Crippen molar-refractivity contribution >= 4 is 11.7 Å². The van der Waals surface area contributed by atoms with Gasteiger partial charge in [-0.25, -0.2) is 15.0 Å². The van der Waals surface area contributed by atoms with Crippen molar-refractivity contribution in [3.63, 3.8) is 0 Å². The third kappa shape index (κ3) is 4.56. The SMILES string of the molecule is COc1cc(OC)cc(C(=O)NCCNc2cc(-n3ccnc3C)ncn2)c1. The van der Waals surface area contributed by atoms with E-state index >= 15 is 0 Å². The Labute approximate surface area is 162 Å². The maximum atomic E-state index is 12.4.